The van der Waals surface area contributed by atoms with E-state index >= 15 is 0 Å². The van der Waals surface area contributed by atoms with Crippen molar-refractivity contribution in [3.05, 3.63) is 29.8 Å². The SMILES string of the molecule is COc1ccc(/C=N\NC(=O)CC2(C)OCCO2)cc1. The maximum atomic E-state index is 11.7. The zero-order valence-electron chi connectivity index (χ0n) is 11.6. The zero-order chi connectivity index (χ0) is 14.4. The molecule has 1 N–H and O–H groups in total. The molecule has 0 radical (unpaired) electrons. The van der Waals surface area contributed by atoms with Crippen molar-refractivity contribution in [2.75, 3.05) is 20.3 Å². The van der Waals surface area contributed by atoms with Gasteiger partial charge in [0.25, 0.3) is 0 Å². The summed E-state index contributed by atoms with van der Waals surface area (Å²) >= 11 is 0. The van der Waals surface area contributed by atoms with E-state index in [-0.39, 0.29) is 12.3 Å². The van der Waals surface area contributed by atoms with Crippen LogP contribution in [-0.4, -0.2) is 38.2 Å². The Kier molecular flexibility index (Phi) is 4.70. The molecule has 0 atom stereocenters. The van der Waals surface area contributed by atoms with Crippen LogP contribution in [0.15, 0.2) is 29.4 Å². The highest BCUT2D eigenvalue weighted by atomic mass is 16.7. The Labute approximate surface area is 117 Å². The number of hydrazone groups is 1. The molecule has 1 aliphatic rings. The lowest BCUT2D eigenvalue weighted by Gasteiger charge is -2.20. The largest absolute Gasteiger partial charge is 0.497 e. The molecule has 1 heterocycles. The molecule has 0 unspecified atom stereocenters. The fourth-order valence-corrected chi connectivity index (χ4v) is 1.86. The summed E-state index contributed by atoms with van der Waals surface area (Å²) in [5.74, 6) is -0.312. The average Bonchev–Trinajstić information content (AvgIpc) is 2.86. The Hall–Kier alpha value is -1.92. The highest BCUT2D eigenvalue weighted by Gasteiger charge is 2.33. The number of carbonyl (C=O) groups is 1. The minimum atomic E-state index is -0.834. The summed E-state index contributed by atoms with van der Waals surface area (Å²) in [6.45, 7) is 2.77. The van der Waals surface area contributed by atoms with E-state index in [2.05, 4.69) is 10.5 Å². The van der Waals surface area contributed by atoms with E-state index in [0.29, 0.717) is 13.2 Å². The molecule has 1 aliphatic heterocycles. The van der Waals surface area contributed by atoms with Gasteiger partial charge in [-0.25, -0.2) is 5.43 Å². The minimum absolute atomic E-state index is 0.118. The van der Waals surface area contributed by atoms with Crippen LogP contribution >= 0.6 is 0 Å². The zero-order valence-corrected chi connectivity index (χ0v) is 11.6. The molecule has 1 aromatic carbocycles. The molecule has 6 nitrogen and oxygen atoms in total. The predicted octanol–water partition coefficient (Wildman–Crippen LogP) is 1.30. The molecule has 1 saturated heterocycles. The third-order valence-electron chi connectivity index (χ3n) is 2.90. The number of rotatable bonds is 5. The lowest BCUT2D eigenvalue weighted by molar-refractivity contribution is -0.159. The number of nitrogens with zero attached hydrogens (tertiary/aromatic N) is 1. The molecule has 1 amide bonds. The number of ether oxygens (including phenoxy) is 3. The fraction of sp³-hybridized carbons (Fsp3) is 0.429. The number of nitrogens with one attached hydrogen (secondary N) is 1. The standard InChI is InChI=1S/C14H18N2O4/c1-14(19-7-8-20-14)9-13(17)16-15-10-11-3-5-12(18-2)6-4-11/h3-6,10H,7-9H2,1-2H3,(H,16,17)/b15-10-. The van der Waals surface area contributed by atoms with Gasteiger partial charge in [-0.05, 0) is 36.8 Å². The van der Waals surface area contributed by atoms with Crippen LogP contribution in [0.5, 0.6) is 5.75 Å². The van der Waals surface area contributed by atoms with Crippen LogP contribution in [0.25, 0.3) is 0 Å². The molecular weight excluding hydrogens is 260 g/mol. The average molecular weight is 278 g/mol. The second kappa shape index (κ2) is 6.49. The Morgan fingerprint density at radius 3 is 2.65 bits per heavy atom. The number of benzene rings is 1. The summed E-state index contributed by atoms with van der Waals surface area (Å²) in [6.07, 6.45) is 1.68. The maximum Gasteiger partial charge on any atom is 0.245 e. The van der Waals surface area contributed by atoms with Crippen molar-refractivity contribution < 1.29 is 19.0 Å². The predicted molar refractivity (Wildman–Crippen MR) is 73.7 cm³/mol. The molecule has 20 heavy (non-hydrogen) atoms. The molecular formula is C14H18N2O4. The van der Waals surface area contributed by atoms with Crippen LogP contribution in [0.4, 0.5) is 0 Å². The number of hydrogen-bond acceptors (Lipinski definition) is 5. The van der Waals surface area contributed by atoms with Gasteiger partial charge in [0.1, 0.15) is 5.75 Å². The van der Waals surface area contributed by atoms with Crippen molar-refractivity contribution in [1.29, 1.82) is 0 Å². The second-order valence-electron chi connectivity index (χ2n) is 4.57. The molecule has 6 heteroatoms. The van der Waals surface area contributed by atoms with Crippen molar-refractivity contribution in [1.82, 2.24) is 5.43 Å². The van der Waals surface area contributed by atoms with Gasteiger partial charge in [0.2, 0.25) is 5.91 Å². The van der Waals surface area contributed by atoms with Crippen molar-refractivity contribution in [3.63, 3.8) is 0 Å². The second-order valence-corrected chi connectivity index (χ2v) is 4.57. The van der Waals surface area contributed by atoms with E-state index in [1.807, 2.05) is 24.3 Å². The van der Waals surface area contributed by atoms with E-state index in [9.17, 15) is 4.79 Å². The fourth-order valence-electron chi connectivity index (χ4n) is 1.86. The van der Waals surface area contributed by atoms with Crippen LogP contribution in [0.2, 0.25) is 0 Å². The smallest absolute Gasteiger partial charge is 0.245 e. The normalized spacial score (nSPS) is 17.3. The number of amides is 1. The third kappa shape index (κ3) is 4.04. The van der Waals surface area contributed by atoms with Crippen molar-refractivity contribution in [2.45, 2.75) is 19.1 Å². The minimum Gasteiger partial charge on any atom is -0.497 e. The molecule has 1 aromatic rings. The number of hydrogen-bond donors (Lipinski definition) is 1. The highest BCUT2D eigenvalue weighted by molar-refractivity contribution is 5.82. The summed E-state index contributed by atoms with van der Waals surface area (Å²) in [5, 5.41) is 3.89. The molecule has 0 aromatic heterocycles. The van der Waals surface area contributed by atoms with Crippen LogP contribution < -0.4 is 10.2 Å². The van der Waals surface area contributed by atoms with E-state index < -0.39 is 5.79 Å². The number of carbonyl (C=O) groups excluding carboxylic acids is 1. The van der Waals surface area contributed by atoms with Gasteiger partial charge in [-0.3, -0.25) is 4.79 Å². The lowest BCUT2D eigenvalue weighted by Crippen LogP contribution is -2.33. The van der Waals surface area contributed by atoms with Gasteiger partial charge in [0, 0.05) is 0 Å². The molecule has 0 bridgehead atoms. The van der Waals surface area contributed by atoms with Crippen molar-refractivity contribution >= 4 is 12.1 Å². The Morgan fingerprint density at radius 1 is 1.40 bits per heavy atom. The van der Waals surface area contributed by atoms with E-state index in [4.69, 9.17) is 14.2 Å². The molecule has 1 fully saturated rings. The van der Waals surface area contributed by atoms with Gasteiger partial charge in [0.05, 0.1) is 33.0 Å². The molecule has 0 aliphatic carbocycles. The Balaban J connectivity index is 1.81. The van der Waals surface area contributed by atoms with Gasteiger partial charge >= 0.3 is 0 Å². The van der Waals surface area contributed by atoms with Gasteiger partial charge < -0.3 is 14.2 Å². The Bertz CT molecular complexity index is 478. The molecule has 0 spiro atoms. The quantitative estimate of drug-likeness (QED) is 0.651. The number of methoxy groups -OCH3 is 1. The summed E-state index contributed by atoms with van der Waals surface area (Å²) in [7, 11) is 1.61. The van der Waals surface area contributed by atoms with E-state index in [1.54, 1.807) is 20.2 Å². The molecule has 0 saturated carbocycles. The van der Waals surface area contributed by atoms with Crippen LogP contribution in [0, 0.1) is 0 Å². The van der Waals surface area contributed by atoms with E-state index in [1.165, 1.54) is 0 Å². The van der Waals surface area contributed by atoms with E-state index in [0.717, 1.165) is 11.3 Å². The Morgan fingerprint density at radius 2 is 2.05 bits per heavy atom. The molecule has 2 rings (SSSR count). The first-order valence-corrected chi connectivity index (χ1v) is 6.35. The maximum absolute atomic E-state index is 11.7. The van der Waals surface area contributed by atoms with Gasteiger partial charge in [-0.2, -0.15) is 5.10 Å². The van der Waals surface area contributed by atoms with Crippen molar-refractivity contribution in [2.24, 2.45) is 5.10 Å². The topological polar surface area (TPSA) is 69.2 Å². The van der Waals surface area contributed by atoms with Crippen LogP contribution in [-0.2, 0) is 14.3 Å². The van der Waals surface area contributed by atoms with Crippen molar-refractivity contribution in [3.8, 4) is 5.75 Å². The summed E-state index contributed by atoms with van der Waals surface area (Å²) in [4.78, 5) is 11.7. The van der Waals surface area contributed by atoms with Gasteiger partial charge in [-0.15, -0.1) is 0 Å². The summed E-state index contributed by atoms with van der Waals surface area (Å²) < 4.78 is 15.8. The van der Waals surface area contributed by atoms with Crippen LogP contribution in [0.3, 0.4) is 0 Å². The molecule has 108 valence electrons. The van der Waals surface area contributed by atoms with Gasteiger partial charge in [-0.1, -0.05) is 0 Å². The summed E-state index contributed by atoms with van der Waals surface area (Å²) in [6, 6.07) is 7.34. The third-order valence-corrected chi connectivity index (χ3v) is 2.90. The first-order valence-electron chi connectivity index (χ1n) is 6.35. The monoisotopic (exact) mass is 278 g/mol. The lowest BCUT2D eigenvalue weighted by atomic mass is 10.2. The first kappa shape index (κ1) is 14.5. The van der Waals surface area contributed by atoms with Crippen LogP contribution in [0.1, 0.15) is 18.9 Å². The highest BCUT2D eigenvalue weighted by Crippen LogP contribution is 2.22. The first-order chi connectivity index (χ1) is 9.61. The summed E-state index contributed by atoms with van der Waals surface area (Å²) in [5.41, 5.74) is 3.32. The van der Waals surface area contributed by atoms with Gasteiger partial charge in [0.15, 0.2) is 5.79 Å².